The Morgan fingerprint density at radius 3 is 2.60 bits per heavy atom. The number of anilines is 2. The van der Waals surface area contributed by atoms with Gasteiger partial charge >= 0.3 is 0 Å². The number of nitrogens with zero attached hydrogens (tertiary/aromatic N) is 7. The quantitative estimate of drug-likeness (QED) is 0.277. The Morgan fingerprint density at radius 1 is 0.976 bits per heavy atom. The maximum Gasteiger partial charge on any atom is 0.296 e. The van der Waals surface area contributed by atoms with Gasteiger partial charge in [-0.3, -0.25) is 0 Å². The largest absolute Gasteiger partial charge is 0.493 e. The molecule has 1 fully saturated rings. The molecule has 3 aromatic heterocycles. The molecular formula is C28H28F2N8O4. The summed E-state index contributed by atoms with van der Waals surface area (Å²) in [6.07, 6.45) is 3.08. The Morgan fingerprint density at radius 2 is 1.83 bits per heavy atom. The molecule has 0 saturated carbocycles. The molecule has 1 aliphatic rings. The fraction of sp³-hybridized carbons (Fsp3) is 0.321. The van der Waals surface area contributed by atoms with E-state index in [4.69, 9.17) is 18.9 Å². The summed E-state index contributed by atoms with van der Waals surface area (Å²) in [5.41, 5.74) is 2.52. The van der Waals surface area contributed by atoms with Crippen LogP contribution in [0.1, 0.15) is 12.0 Å². The number of aromatic nitrogens is 6. The first-order valence-electron chi connectivity index (χ1n) is 13.1. The normalized spacial score (nSPS) is 16.9. The molecule has 0 spiro atoms. The van der Waals surface area contributed by atoms with Crippen LogP contribution in [0.2, 0.25) is 0 Å². The minimum absolute atomic E-state index is 0.0794. The van der Waals surface area contributed by atoms with E-state index in [0.717, 1.165) is 5.56 Å². The molecule has 0 bridgehead atoms. The minimum atomic E-state index is -3.09. The van der Waals surface area contributed by atoms with Gasteiger partial charge in [-0.25, -0.2) is 33.2 Å². The van der Waals surface area contributed by atoms with Crippen LogP contribution in [0.15, 0.2) is 49.3 Å². The van der Waals surface area contributed by atoms with E-state index in [2.05, 4.69) is 30.4 Å². The van der Waals surface area contributed by atoms with E-state index >= 15 is 8.78 Å². The Kier molecular flexibility index (Phi) is 7.06. The van der Waals surface area contributed by atoms with Gasteiger partial charge in [0.15, 0.2) is 23.3 Å². The lowest BCUT2D eigenvalue weighted by Crippen LogP contribution is -2.52. The Bertz CT molecular complexity index is 1770. The third-order valence-electron chi connectivity index (χ3n) is 7.01. The maximum absolute atomic E-state index is 15.1. The SMILES string of the molecule is COc1cc2ncnc(Nc3ccc(Oc4cc5ncnn5cn4)c(C)c3)c2c(OC2CCN(C)CC2(F)F)c1OC. The molecular weight excluding hydrogens is 550 g/mol. The fourth-order valence-corrected chi connectivity index (χ4v) is 4.93. The third-order valence-corrected chi connectivity index (χ3v) is 7.01. The van der Waals surface area contributed by atoms with Gasteiger partial charge in [-0.05, 0) is 37.7 Å². The molecule has 1 atom stereocenters. The van der Waals surface area contributed by atoms with E-state index in [9.17, 15) is 0 Å². The second-order valence-corrected chi connectivity index (χ2v) is 9.95. The molecule has 14 heteroatoms. The number of benzene rings is 2. The van der Waals surface area contributed by atoms with Crippen LogP contribution in [0.5, 0.6) is 28.9 Å². The zero-order valence-corrected chi connectivity index (χ0v) is 23.3. The summed E-state index contributed by atoms with van der Waals surface area (Å²) in [4.78, 5) is 18.8. The molecule has 6 rings (SSSR count). The maximum atomic E-state index is 15.1. The van der Waals surface area contributed by atoms with Crippen LogP contribution in [-0.2, 0) is 0 Å². The molecule has 42 heavy (non-hydrogen) atoms. The average Bonchev–Trinajstić information content (AvgIpc) is 3.43. The average molecular weight is 579 g/mol. The Labute approximate surface area is 239 Å². The number of piperidine rings is 1. The van der Waals surface area contributed by atoms with Crippen molar-refractivity contribution in [1.29, 1.82) is 0 Å². The number of rotatable bonds is 8. The smallest absolute Gasteiger partial charge is 0.296 e. The predicted molar refractivity (Wildman–Crippen MR) is 149 cm³/mol. The second-order valence-electron chi connectivity index (χ2n) is 9.95. The molecule has 1 aliphatic heterocycles. The first kappa shape index (κ1) is 27.3. The van der Waals surface area contributed by atoms with Crippen molar-refractivity contribution in [1.82, 2.24) is 34.4 Å². The van der Waals surface area contributed by atoms with Crippen molar-refractivity contribution in [2.75, 3.05) is 39.7 Å². The van der Waals surface area contributed by atoms with Crippen LogP contribution in [0.3, 0.4) is 0 Å². The monoisotopic (exact) mass is 578 g/mol. The Hall–Kier alpha value is -4.85. The lowest BCUT2D eigenvalue weighted by Gasteiger charge is -2.36. The van der Waals surface area contributed by atoms with Gasteiger partial charge in [0, 0.05) is 30.8 Å². The number of likely N-dealkylation sites (tertiary alicyclic amines) is 1. The van der Waals surface area contributed by atoms with Crippen molar-refractivity contribution in [3.05, 3.63) is 54.9 Å². The van der Waals surface area contributed by atoms with Gasteiger partial charge in [0.2, 0.25) is 11.6 Å². The molecule has 5 aromatic rings. The lowest BCUT2D eigenvalue weighted by molar-refractivity contribution is -0.135. The number of methoxy groups -OCH3 is 2. The van der Waals surface area contributed by atoms with Gasteiger partial charge in [-0.1, -0.05) is 0 Å². The number of hydrogen-bond donors (Lipinski definition) is 1. The van der Waals surface area contributed by atoms with Crippen molar-refractivity contribution < 1.29 is 27.7 Å². The summed E-state index contributed by atoms with van der Waals surface area (Å²) in [5.74, 6) is -1.23. The molecule has 2 aromatic carbocycles. The van der Waals surface area contributed by atoms with Crippen LogP contribution >= 0.6 is 0 Å². The summed E-state index contributed by atoms with van der Waals surface area (Å²) in [5, 5.41) is 7.69. The summed E-state index contributed by atoms with van der Waals surface area (Å²) in [6, 6.07) is 8.80. The number of alkyl halides is 2. The summed E-state index contributed by atoms with van der Waals surface area (Å²) < 4.78 is 54.8. The molecule has 1 unspecified atom stereocenters. The van der Waals surface area contributed by atoms with E-state index in [1.54, 1.807) is 36.2 Å². The third kappa shape index (κ3) is 5.16. The van der Waals surface area contributed by atoms with Gasteiger partial charge < -0.3 is 29.2 Å². The topological polar surface area (TPSA) is 121 Å². The van der Waals surface area contributed by atoms with Crippen molar-refractivity contribution in [3.8, 4) is 28.9 Å². The highest BCUT2D eigenvalue weighted by atomic mass is 19.3. The highest BCUT2D eigenvalue weighted by Gasteiger charge is 2.46. The molecule has 0 radical (unpaired) electrons. The summed E-state index contributed by atoms with van der Waals surface area (Å²) >= 11 is 0. The van der Waals surface area contributed by atoms with Crippen LogP contribution in [0.25, 0.3) is 16.6 Å². The van der Waals surface area contributed by atoms with Crippen LogP contribution < -0.4 is 24.3 Å². The van der Waals surface area contributed by atoms with E-state index < -0.39 is 18.6 Å². The molecule has 1 N–H and O–H groups in total. The van der Waals surface area contributed by atoms with Crippen LogP contribution in [0.4, 0.5) is 20.3 Å². The van der Waals surface area contributed by atoms with E-state index in [1.807, 2.05) is 13.0 Å². The molecule has 1 saturated heterocycles. The molecule has 0 amide bonds. The van der Waals surface area contributed by atoms with Crippen LogP contribution in [0, 0.1) is 6.92 Å². The van der Waals surface area contributed by atoms with Crippen molar-refractivity contribution in [2.45, 2.75) is 25.4 Å². The van der Waals surface area contributed by atoms with E-state index in [0.29, 0.717) is 52.0 Å². The minimum Gasteiger partial charge on any atom is -0.493 e. The van der Waals surface area contributed by atoms with E-state index in [-0.39, 0.29) is 17.9 Å². The molecule has 0 aliphatic carbocycles. The lowest BCUT2D eigenvalue weighted by atomic mass is 10.0. The van der Waals surface area contributed by atoms with Gasteiger partial charge in [0.1, 0.15) is 30.5 Å². The zero-order valence-electron chi connectivity index (χ0n) is 23.3. The number of aryl methyl sites for hydroxylation is 1. The Balaban J connectivity index is 1.35. The zero-order chi connectivity index (χ0) is 29.4. The summed E-state index contributed by atoms with van der Waals surface area (Å²) in [7, 11) is 4.55. The number of fused-ring (bicyclic) bond motifs is 2. The van der Waals surface area contributed by atoms with Gasteiger partial charge in [0.25, 0.3) is 5.92 Å². The van der Waals surface area contributed by atoms with Gasteiger partial charge in [0.05, 0.1) is 31.7 Å². The standard InChI is InChI=1S/C28H28F2N8O4/c1-16-9-17(5-6-19(16)41-23-11-22-32-14-35-38(22)15-34-23)36-27-24-18(31-13-33-27)10-20(39-3)25(40-4)26(24)42-21-7-8-37(2)12-28(21,29)30/h5-6,9-11,13-15,21H,7-8,12H2,1-4H3,(H,31,33,36). The van der Waals surface area contributed by atoms with Crippen molar-refractivity contribution in [2.24, 2.45) is 0 Å². The highest BCUT2D eigenvalue weighted by Crippen LogP contribution is 2.47. The summed E-state index contributed by atoms with van der Waals surface area (Å²) in [6.45, 7) is 1.93. The number of hydrogen-bond acceptors (Lipinski definition) is 11. The first-order chi connectivity index (χ1) is 20.3. The number of nitrogens with one attached hydrogen (secondary N) is 1. The highest BCUT2D eigenvalue weighted by molar-refractivity contribution is 5.99. The van der Waals surface area contributed by atoms with Crippen molar-refractivity contribution >= 4 is 28.1 Å². The predicted octanol–water partition coefficient (Wildman–Crippen LogP) is 4.65. The van der Waals surface area contributed by atoms with Crippen molar-refractivity contribution in [3.63, 3.8) is 0 Å². The van der Waals surface area contributed by atoms with E-state index in [1.165, 1.54) is 37.7 Å². The fourth-order valence-electron chi connectivity index (χ4n) is 4.93. The molecule has 218 valence electrons. The van der Waals surface area contributed by atoms with Gasteiger partial charge in [-0.15, -0.1) is 0 Å². The number of halogens is 2. The molecule has 12 nitrogen and oxygen atoms in total. The first-order valence-corrected chi connectivity index (χ1v) is 13.1. The van der Waals surface area contributed by atoms with Gasteiger partial charge in [-0.2, -0.15) is 5.10 Å². The van der Waals surface area contributed by atoms with Crippen LogP contribution in [-0.4, -0.2) is 80.8 Å². The number of ether oxygens (including phenoxy) is 4. The second kappa shape index (κ2) is 10.9. The molecule has 4 heterocycles.